The van der Waals surface area contributed by atoms with Gasteiger partial charge in [0.1, 0.15) is 5.01 Å². The van der Waals surface area contributed by atoms with Crippen LogP contribution in [0, 0.1) is 0 Å². The molecule has 0 spiro atoms. The molecular formula is C23H26N2O4S2. The SMILES string of the molecule is COc1ccc(-c2nc(CCNS(=O)(=O)c3ccc4c(c3)CCCC4)cs2)cc1OC. The first-order valence-corrected chi connectivity index (χ1v) is 12.6. The number of hydrogen-bond donors (Lipinski definition) is 1. The molecule has 2 aromatic carbocycles. The topological polar surface area (TPSA) is 77.5 Å². The van der Waals surface area contributed by atoms with Gasteiger partial charge in [0.25, 0.3) is 0 Å². The van der Waals surface area contributed by atoms with Crippen LogP contribution in [-0.2, 0) is 29.3 Å². The predicted molar refractivity (Wildman–Crippen MR) is 123 cm³/mol. The van der Waals surface area contributed by atoms with Crippen LogP contribution in [0.3, 0.4) is 0 Å². The molecule has 1 heterocycles. The van der Waals surface area contributed by atoms with E-state index in [0.717, 1.165) is 41.1 Å². The minimum absolute atomic E-state index is 0.300. The average Bonchev–Trinajstić information content (AvgIpc) is 3.27. The Kier molecular flexibility index (Phi) is 6.60. The lowest BCUT2D eigenvalue weighted by Crippen LogP contribution is -2.26. The van der Waals surface area contributed by atoms with Crippen LogP contribution in [0.4, 0.5) is 0 Å². The maximum absolute atomic E-state index is 12.7. The molecule has 1 aliphatic carbocycles. The molecule has 0 saturated heterocycles. The Morgan fingerprint density at radius 1 is 1.00 bits per heavy atom. The molecule has 4 rings (SSSR count). The van der Waals surface area contributed by atoms with Gasteiger partial charge >= 0.3 is 0 Å². The van der Waals surface area contributed by atoms with Gasteiger partial charge in [-0.3, -0.25) is 0 Å². The van der Waals surface area contributed by atoms with Gasteiger partial charge in [0.2, 0.25) is 10.0 Å². The number of ether oxygens (including phenoxy) is 2. The fourth-order valence-electron chi connectivity index (χ4n) is 3.80. The maximum atomic E-state index is 12.7. The summed E-state index contributed by atoms with van der Waals surface area (Å²) in [6.07, 6.45) is 4.81. The molecule has 0 saturated carbocycles. The summed E-state index contributed by atoms with van der Waals surface area (Å²) in [6.45, 7) is 0.300. The molecule has 164 valence electrons. The summed E-state index contributed by atoms with van der Waals surface area (Å²) >= 11 is 1.52. The van der Waals surface area contributed by atoms with Crippen molar-refractivity contribution in [1.29, 1.82) is 0 Å². The molecule has 0 radical (unpaired) electrons. The molecule has 8 heteroatoms. The normalized spacial score (nSPS) is 13.6. The van der Waals surface area contributed by atoms with Crippen molar-refractivity contribution >= 4 is 21.4 Å². The number of hydrogen-bond acceptors (Lipinski definition) is 6. The van der Waals surface area contributed by atoms with Crippen molar-refractivity contribution in [3.63, 3.8) is 0 Å². The number of nitrogens with zero attached hydrogens (tertiary/aromatic N) is 1. The number of methoxy groups -OCH3 is 2. The van der Waals surface area contributed by atoms with E-state index in [4.69, 9.17) is 9.47 Å². The minimum Gasteiger partial charge on any atom is -0.493 e. The molecule has 1 N–H and O–H groups in total. The van der Waals surface area contributed by atoms with Crippen molar-refractivity contribution in [3.05, 3.63) is 58.6 Å². The first kappa shape index (κ1) is 21.8. The Balaban J connectivity index is 1.40. The van der Waals surface area contributed by atoms with Crippen molar-refractivity contribution < 1.29 is 17.9 Å². The number of thiazole rings is 1. The highest BCUT2D eigenvalue weighted by Gasteiger charge is 2.18. The van der Waals surface area contributed by atoms with Gasteiger partial charge in [-0.2, -0.15) is 0 Å². The lowest BCUT2D eigenvalue weighted by Gasteiger charge is -2.16. The monoisotopic (exact) mass is 458 g/mol. The van der Waals surface area contributed by atoms with E-state index >= 15 is 0 Å². The summed E-state index contributed by atoms with van der Waals surface area (Å²) in [5, 5.41) is 2.81. The number of aromatic nitrogens is 1. The van der Waals surface area contributed by atoms with E-state index in [1.54, 1.807) is 20.3 Å². The molecule has 1 aromatic heterocycles. The van der Waals surface area contributed by atoms with Crippen molar-refractivity contribution in [2.45, 2.75) is 37.0 Å². The van der Waals surface area contributed by atoms with Gasteiger partial charge in [-0.05, 0) is 67.1 Å². The van der Waals surface area contributed by atoms with E-state index in [0.29, 0.717) is 29.4 Å². The van der Waals surface area contributed by atoms with Gasteiger partial charge in [-0.15, -0.1) is 11.3 Å². The number of aryl methyl sites for hydroxylation is 2. The maximum Gasteiger partial charge on any atom is 0.240 e. The second-order valence-corrected chi connectivity index (χ2v) is 10.1. The first-order valence-electron chi connectivity index (χ1n) is 10.3. The molecule has 1 aliphatic rings. The molecule has 0 aliphatic heterocycles. The van der Waals surface area contributed by atoms with Crippen LogP contribution in [0.1, 0.15) is 29.7 Å². The Morgan fingerprint density at radius 3 is 2.55 bits per heavy atom. The quantitative estimate of drug-likeness (QED) is 0.547. The van der Waals surface area contributed by atoms with E-state index in [-0.39, 0.29) is 0 Å². The summed E-state index contributed by atoms with van der Waals surface area (Å²) in [6, 6.07) is 11.2. The smallest absolute Gasteiger partial charge is 0.240 e. The van der Waals surface area contributed by atoms with Crippen molar-refractivity contribution in [3.8, 4) is 22.1 Å². The van der Waals surface area contributed by atoms with Crippen molar-refractivity contribution in [2.24, 2.45) is 0 Å². The standard InChI is InChI=1S/C23H26N2O4S2/c1-28-21-10-8-18(14-22(21)29-2)23-25-19(15-30-23)11-12-24-31(26,27)20-9-7-16-5-3-4-6-17(16)13-20/h7-10,13-15,24H,3-6,11-12H2,1-2H3. The number of nitrogens with one attached hydrogen (secondary N) is 1. The van der Waals surface area contributed by atoms with Crippen molar-refractivity contribution in [1.82, 2.24) is 9.71 Å². The van der Waals surface area contributed by atoms with Crippen LogP contribution >= 0.6 is 11.3 Å². The summed E-state index contributed by atoms with van der Waals surface area (Å²) < 4.78 is 38.8. The Morgan fingerprint density at radius 2 is 1.77 bits per heavy atom. The Hall–Kier alpha value is -2.42. The molecule has 3 aromatic rings. The summed E-state index contributed by atoms with van der Waals surface area (Å²) in [5.74, 6) is 1.31. The van der Waals surface area contributed by atoms with Gasteiger partial charge in [0.05, 0.1) is 24.8 Å². The second-order valence-electron chi connectivity index (χ2n) is 7.50. The Bertz CT molecular complexity index is 1170. The highest BCUT2D eigenvalue weighted by Crippen LogP contribution is 2.33. The van der Waals surface area contributed by atoms with Crippen LogP contribution in [0.25, 0.3) is 10.6 Å². The summed E-state index contributed by atoms with van der Waals surface area (Å²) in [4.78, 5) is 4.99. The zero-order valence-corrected chi connectivity index (χ0v) is 19.3. The van der Waals surface area contributed by atoms with Gasteiger partial charge in [0.15, 0.2) is 11.5 Å². The number of rotatable bonds is 8. The third-order valence-electron chi connectivity index (χ3n) is 5.49. The number of benzene rings is 2. The number of sulfonamides is 1. The minimum atomic E-state index is -3.53. The third-order valence-corrected chi connectivity index (χ3v) is 7.88. The fourth-order valence-corrected chi connectivity index (χ4v) is 5.73. The van der Waals surface area contributed by atoms with E-state index in [1.165, 1.54) is 23.3 Å². The largest absolute Gasteiger partial charge is 0.493 e. The van der Waals surface area contributed by atoms with E-state index in [2.05, 4.69) is 9.71 Å². The molecule has 0 atom stereocenters. The highest BCUT2D eigenvalue weighted by atomic mass is 32.2. The molecule has 31 heavy (non-hydrogen) atoms. The molecular weight excluding hydrogens is 432 g/mol. The number of fused-ring (bicyclic) bond motifs is 1. The van der Waals surface area contributed by atoms with Crippen LogP contribution in [0.5, 0.6) is 11.5 Å². The second kappa shape index (κ2) is 9.38. The van der Waals surface area contributed by atoms with Crippen molar-refractivity contribution in [2.75, 3.05) is 20.8 Å². The summed E-state index contributed by atoms with van der Waals surface area (Å²) in [7, 11) is -0.329. The van der Waals surface area contributed by atoms with E-state index in [9.17, 15) is 8.42 Å². The van der Waals surface area contributed by atoms with Gasteiger partial charge in [-0.25, -0.2) is 18.1 Å². The first-order chi connectivity index (χ1) is 15.0. The highest BCUT2D eigenvalue weighted by molar-refractivity contribution is 7.89. The van der Waals surface area contributed by atoms with Crippen LogP contribution in [0.15, 0.2) is 46.7 Å². The van der Waals surface area contributed by atoms with Crippen LogP contribution < -0.4 is 14.2 Å². The predicted octanol–water partition coefficient (Wildman–Crippen LogP) is 4.23. The molecule has 0 unspecified atom stereocenters. The van der Waals surface area contributed by atoms with E-state index in [1.807, 2.05) is 35.7 Å². The van der Waals surface area contributed by atoms with Gasteiger partial charge in [0, 0.05) is 23.9 Å². The van der Waals surface area contributed by atoms with E-state index < -0.39 is 10.0 Å². The lowest BCUT2D eigenvalue weighted by molar-refractivity contribution is 0.355. The molecule has 0 amide bonds. The van der Waals surface area contributed by atoms with Gasteiger partial charge in [-0.1, -0.05) is 6.07 Å². The zero-order chi connectivity index (χ0) is 21.8. The fraction of sp³-hybridized carbons (Fsp3) is 0.348. The lowest BCUT2D eigenvalue weighted by atomic mass is 9.92. The zero-order valence-electron chi connectivity index (χ0n) is 17.7. The summed E-state index contributed by atoms with van der Waals surface area (Å²) in [5.41, 5.74) is 4.22. The Labute approximate surface area is 187 Å². The molecule has 0 fully saturated rings. The van der Waals surface area contributed by atoms with Gasteiger partial charge < -0.3 is 9.47 Å². The third kappa shape index (κ3) is 4.92. The molecule has 0 bridgehead atoms. The average molecular weight is 459 g/mol. The van der Waals surface area contributed by atoms with Crippen LogP contribution in [-0.4, -0.2) is 34.2 Å². The van der Waals surface area contributed by atoms with Crippen LogP contribution in [0.2, 0.25) is 0 Å². The molecule has 6 nitrogen and oxygen atoms in total.